The third kappa shape index (κ3) is 1.85. The maximum atomic E-state index is 3.43. The van der Waals surface area contributed by atoms with Crippen LogP contribution in [0.3, 0.4) is 0 Å². The first-order valence-electron chi connectivity index (χ1n) is 6.91. The van der Waals surface area contributed by atoms with Crippen molar-refractivity contribution in [3.63, 3.8) is 0 Å². The Morgan fingerprint density at radius 3 is 2.83 bits per heavy atom. The Morgan fingerprint density at radius 1 is 1.22 bits per heavy atom. The number of rotatable bonds is 2. The summed E-state index contributed by atoms with van der Waals surface area (Å²) in [5, 5.41) is 1.42. The van der Waals surface area contributed by atoms with Crippen LogP contribution in [0, 0.1) is 6.92 Å². The number of fused-ring (bicyclic) bond motifs is 1. The number of aryl methyl sites for hydroxylation is 1. The highest BCUT2D eigenvalue weighted by molar-refractivity contribution is 5.84. The molecule has 1 N–H and O–H groups in total. The molecule has 1 fully saturated rings. The van der Waals surface area contributed by atoms with Crippen molar-refractivity contribution in [1.82, 2.24) is 9.88 Å². The Hall–Kier alpha value is -1.28. The van der Waals surface area contributed by atoms with Crippen LogP contribution in [0.1, 0.15) is 36.3 Å². The molecular formula is C16H22N2. The van der Waals surface area contributed by atoms with Gasteiger partial charge in [0.2, 0.25) is 0 Å². The van der Waals surface area contributed by atoms with Crippen LogP contribution in [0.15, 0.2) is 24.4 Å². The lowest BCUT2D eigenvalue weighted by atomic mass is 9.92. The fourth-order valence-corrected chi connectivity index (χ4v) is 3.48. The Bertz CT molecular complexity index is 553. The number of nitrogens with one attached hydrogen (secondary N) is 1. The minimum Gasteiger partial charge on any atom is -0.361 e. The molecule has 1 heterocycles. The van der Waals surface area contributed by atoms with Gasteiger partial charge in [-0.1, -0.05) is 18.1 Å². The molecule has 2 heteroatoms. The molecule has 1 saturated carbocycles. The molecule has 2 atom stereocenters. The van der Waals surface area contributed by atoms with Gasteiger partial charge >= 0.3 is 0 Å². The SMILES string of the molecule is Cc1ccc2[nH]cc(C3CCCC3N(C)C)c2c1. The van der Waals surface area contributed by atoms with Crippen LogP contribution in [0.25, 0.3) is 10.9 Å². The minimum atomic E-state index is 0.690. The Balaban J connectivity index is 2.06. The summed E-state index contributed by atoms with van der Waals surface area (Å²) >= 11 is 0. The van der Waals surface area contributed by atoms with Crippen LogP contribution in [0.4, 0.5) is 0 Å². The largest absolute Gasteiger partial charge is 0.361 e. The van der Waals surface area contributed by atoms with E-state index in [4.69, 9.17) is 0 Å². The van der Waals surface area contributed by atoms with E-state index in [2.05, 4.69) is 55.3 Å². The molecule has 18 heavy (non-hydrogen) atoms. The molecule has 3 rings (SSSR count). The third-order valence-corrected chi connectivity index (χ3v) is 4.41. The van der Waals surface area contributed by atoms with Gasteiger partial charge in [0.1, 0.15) is 0 Å². The van der Waals surface area contributed by atoms with Crippen molar-refractivity contribution >= 4 is 10.9 Å². The number of hydrogen-bond donors (Lipinski definition) is 1. The van der Waals surface area contributed by atoms with Gasteiger partial charge in [-0.15, -0.1) is 0 Å². The zero-order valence-electron chi connectivity index (χ0n) is 11.5. The predicted molar refractivity (Wildman–Crippen MR) is 77.1 cm³/mol. The van der Waals surface area contributed by atoms with Crippen molar-refractivity contribution in [2.24, 2.45) is 0 Å². The van der Waals surface area contributed by atoms with Crippen molar-refractivity contribution in [2.45, 2.75) is 38.1 Å². The van der Waals surface area contributed by atoms with Crippen molar-refractivity contribution in [3.05, 3.63) is 35.5 Å². The van der Waals surface area contributed by atoms with Gasteiger partial charge < -0.3 is 9.88 Å². The van der Waals surface area contributed by atoms with Crippen molar-refractivity contribution < 1.29 is 0 Å². The van der Waals surface area contributed by atoms with E-state index in [1.807, 2.05) is 0 Å². The van der Waals surface area contributed by atoms with E-state index in [0.29, 0.717) is 12.0 Å². The molecule has 1 aromatic heterocycles. The number of nitrogens with zero attached hydrogens (tertiary/aromatic N) is 1. The second kappa shape index (κ2) is 4.43. The second-order valence-electron chi connectivity index (χ2n) is 5.86. The van der Waals surface area contributed by atoms with Gasteiger partial charge in [-0.3, -0.25) is 0 Å². The monoisotopic (exact) mass is 242 g/mol. The first kappa shape index (κ1) is 11.8. The molecule has 1 aliphatic carbocycles. The molecule has 2 aromatic rings. The smallest absolute Gasteiger partial charge is 0.0457 e. The van der Waals surface area contributed by atoms with Crippen LogP contribution < -0.4 is 0 Å². The molecule has 0 radical (unpaired) electrons. The molecule has 96 valence electrons. The standard InChI is InChI=1S/C16H22N2/c1-11-7-8-15-13(9-11)14(10-17-15)12-5-4-6-16(12)18(2)3/h7-10,12,16-17H,4-6H2,1-3H3. The van der Waals surface area contributed by atoms with Gasteiger partial charge in [0.25, 0.3) is 0 Å². The molecule has 0 saturated heterocycles. The van der Waals surface area contributed by atoms with Gasteiger partial charge in [-0.2, -0.15) is 0 Å². The van der Waals surface area contributed by atoms with Gasteiger partial charge in [0.05, 0.1) is 0 Å². The zero-order chi connectivity index (χ0) is 12.7. The lowest BCUT2D eigenvalue weighted by Crippen LogP contribution is -2.29. The molecule has 2 unspecified atom stereocenters. The molecule has 0 aliphatic heterocycles. The van der Waals surface area contributed by atoms with Crippen LogP contribution in [-0.2, 0) is 0 Å². The van der Waals surface area contributed by atoms with Gasteiger partial charge in [-0.05, 0) is 51.6 Å². The number of aromatic nitrogens is 1. The molecule has 1 aliphatic rings. The van der Waals surface area contributed by atoms with Gasteiger partial charge in [0.15, 0.2) is 0 Å². The fourth-order valence-electron chi connectivity index (χ4n) is 3.48. The number of aromatic amines is 1. The molecule has 0 spiro atoms. The summed E-state index contributed by atoms with van der Waals surface area (Å²) in [6.07, 6.45) is 6.24. The summed E-state index contributed by atoms with van der Waals surface area (Å²) in [5.41, 5.74) is 4.15. The first-order chi connectivity index (χ1) is 8.66. The Labute approximate surface area is 109 Å². The summed E-state index contributed by atoms with van der Waals surface area (Å²) in [4.78, 5) is 5.83. The summed E-state index contributed by atoms with van der Waals surface area (Å²) in [6.45, 7) is 2.17. The molecule has 2 nitrogen and oxygen atoms in total. The maximum Gasteiger partial charge on any atom is 0.0457 e. The first-order valence-corrected chi connectivity index (χ1v) is 6.91. The summed E-state index contributed by atoms with van der Waals surface area (Å²) < 4.78 is 0. The Kier molecular flexibility index (Phi) is 2.90. The number of H-pyrrole nitrogens is 1. The van der Waals surface area contributed by atoms with Crippen LogP contribution in [0.2, 0.25) is 0 Å². The van der Waals surface area contributed by atoms with Crippen LogP contribution in [0.5, 0.6) is 0 Å². The van der Waals surface area contributed by atoms with E-state index in [1.165, 1.54) is 41.3 Å². The topological polar surface area (TPSA) is 19.0 Å². The maximum absolute atomic E-state index is 3.43. The number of likely N-dealkylation sites (N-methyl/N-ethyl adjacent to an activating group) is 1. The second-order valence-corrected chi connectivity index (χ2v) is 5.86. The average molecular weight is 242 g/mol. The lowest BCUT2D eigenvalue weighted by Gasteiger charge is -2.26. The van der Waals surface area contributed by atoms with E-state index in [0.717, 1.165) is 0 Å². The van der Waals surface area contributed by atoms with E-state index in [1.54, 1.807) is 0 Å². The van der Waals surface area contributed by atoms with Crippen molar-refractivity contribution in [1.29, 1.82) is 0 Å². The van der Waals surface area contributed by atoms with Crippen molar-refractivity contribution in [3.8, 4) is 0 Å². The summed E-state index contributed by atoms with van der Waals surface area (Å²) in [5.74, 6) is 0.690. The van der Waals surface area contributed by atoms with E-state index >= 15 is 0 Å². The normalized spacial score (nSPS) is 24.2. The Morgan fingerprint density at radius 2 is 2.06 bits per heavy atom. The van der Waals surface area contributed by atoms with Gasteiger partial charge in [0, 0.05) is 29.1 Å². The van der Waals surface area contributed by atoms with E-state index in [9.17, 15) is 0 Å². The van der Waals surface area contributed by atoms with Crippen LogP contribution >= 0.6 is 0 Å². The van der Waals surface area contributed by atoms with Crippen LogP contribution in [-0.4, -0.2) is 30.0 Å². The summed E-state index contributed by atoms with van der Waals surface area (Å²) in [6, 6.07) is 7.41. The molecule has 0 amide bonds. The quantitative estimate of drug-likeness (QED) is 0.851. The highest BCUT2D eigenvalue weighted by atomic mass is 15.1. The lowest BCUT2D eigenvalue weighted by molar-refractivity contribution is 0.276. The fraction of sp³-hybridized carbons (Fsp3) is 0.500. The predicted octanol–water partition coefficient (Wildman–Crippen LogP) is 3.67. The highest BCUT2D eigenvalue weighted by Crippen LogP contribution is 2.40. The van der Waals surface area contributed by atoms with E-state index in [-0.39, 0.29) is 0 Å². The molecule has 0 bridgehead atoms. The molecular weight excluding hydrogens is 220 g/mol. The van der Waals surface area contributed by atoms with Crippen molar-refractivity contribution in [2.75, 3.05) is 14.1 Å². The average Bonchev–Trinajstić information content (AvgIpc) is 2.92. The molecule has 1 aromatic carbocycles. The number of benzene rings is 1. The zero-order valence-corrected chi connectivity index (χ0v) is 11.5. The summed E-state index contributed by atoms with van der Waals surface area (Å²) in [7, 11) is 4.42. The number of hydrogen-bond acceptors (Lipinski definition) is 1. The minimum absolute atomic E-state index is 0.690. The third-order valence-electron chi connectivity index (χ3n) is 4.41. The highest BCUT2D eigenvalue weighted by Gasteiger charge is 2.31. The van der Waals surface area contributed by atoms with Gasteiger partial charge in [-0.25, -0.2) is 0 Å². The van der Waals surface area contributed by atoms with E-state index < -0.39 is 0 Å².